The molecule has 0 bridgehead atoms. The molecule has 0 saturated heterocycles. The van der Waals surface area contributed by atoms with E-state index in [2.05, 4.69) is 28.2 Å². The van der Waals surface area contributed by atoms with Crippen molar-refractivity contribution in [2.75, 3.05) is 28.2 Å². The molecule has 0 saturated carbocycles. The van der Waals surface area contributed by atoms with Crippen LogP contribution in [0, 0.1) is 0 Å². The van der Waals surface area contributed by atoms with Crippen molar-refractivity contribution in [2.45, 2.75) is 0 Å². The predicted molar refractivity (Wildman–Crippen MR) is 38.4 cm³/mol. The molecule has 3 heteroatoms. The molecule has 0 aliphatic rings. The number of halogens is 1. The Kier molecular flexibility index (Phi) is 12.1. The maximum atomic E-state index is 2.12. The van der Waals surface area contributed by atoms with E-state index >= 15 is 0 Å². The predicted octanol–water partition coefficient (Wildman–Crippen LogP) is 0.0957. The minimum atomic E-state index is 0. The normalized spacial score (nSPS) is 8.57. The molecule has 0 aliphatic heterocycles. The van der Waals surface area contributed by atoms with E-state index in [1.54, 1.807) is 0 Å². The van der Waals surface area contributed by atoms with E-state index in [9.17, 15) is 0 Å². The van der Waals surface area contributed by atoms with Gasteiger partial charge in [0.05, 0.1) is 28.2 Å². The van der Waals surface area contributed by atoms with Crippen LogP contribution in [0.25, 0.3) is 0 Å². The first kappa shape index (κ1) is 15.7. The van der Waals surface area contributed by atoms with E-state index in [1.165, 1.54) is 0 Å². The molecule has 0 aromatic carbocycles. The molecule has 0 aliphatic carbocycles. The fourth-order valence-corrected chi connectivity index (χ4v) is 0. The van der Waals surface area contributed by atoms with Crippen LogP contribution >= 0.6 is 12.4 Å². The molecule has 0 radical (unpaired) electrons. The van der Waals surface area contributed by atoms with E-state index < -0.39 is 0 Å². The van der Waals surface area contributed by atoms with Crippen molar-refractivity contribution in [3.8, 4) is 0 Å². The van der Waals surface area contributed by atoms with Crippen molar-refractivity contribution in [1.29, 1.82) is 0 Å². The summed E-state index contributed by atoms with van der Waals surface area (Å²) in [7, 11) is 8.50. The van der Waals surface area contributed by atoms with Gasteiger partial charge in [0.2, 0.25) is 0 Å². The monoisotopic (exact) mass is 134 g/mol. The van der Waals surface area contributed by atoms with Crippen LogP contribution in [0.3, 0.4) is 0 Å². The molecule has 0 fully saturated rings. The Morgan fingerprint density at radius 1 is 0.857 bits per heavy atom. The van der Waals surface area contributed by atoms with Crippen LogP contribution < -0.4 is 0 Å². The van der Waals surface area contributed by atoms with Gasteiger partial charge in [-0.3, -0.25) is 0 Å². The molecule has 0 aromatic heterocycles. The summed E-state index contributed by atoms with van der Waals surface area (Å²) < 4.78 is 1.00. The quantitative estimate of drug-likeness (QED) is 0.326. The SMILES string of the molecule is C[N+](C)(C)C.Cl.[NaH]. The van der Waals surface area contributed by atoms with Crippen LogP contribution in [0.2, 0.25) is 0 Å². The van der Waals surface area contributed by atoms with Crippen molar-refractivity contribution >= 4 is 42.0 Å². The summed E-state index contributed by atoms with van der Waals surface area (Å²) in [6.45, 7) is 0. The third kappa shape index (κ3) is 128. The molecular weight excluding hydrogens is 120 g/mol. The van der Waals surface area contributed by atoms with Gasteiger partial charge in [0, 0.05) is 0 Å². The second-order valence-corrected chi connectivity index (χ2v) is 2.68. The zero-order valence-electron chi connectivity index (χ0n) is 4.86. The Labute approximate surface area is 74.4 Å². The van der Waals surface area contributed by atoms with Crippen molar-refractivity contribution in [2.24, 2.45) is 0 Å². The van der Waals surface area contributed by atoms with Crippen molar-refractivity contribution in [3.05, 3.63) is 0 Å². The Balaban J connectivity index is -0.0000000800. The fraction of sp³-hybridized carbons (Fsp3) is 1.00. The number of rotatable bonds is 0. The summed E-state index contributed by atoms with van der Waals surface area (Å²) in [5.41, 5.74) is 0. The Bertz CT molecular complexity index is 27.2. The van der Waals surface area contributed by atoms with Crippen molar-refractivity contribution < 1.29 is 4.48 Å². The van der Waals surface area contributed by atoms with Gasteiger partial charge >= 0.3 is 29.6 Å². The van der Waals surface area contributed by atoms with E-state index in [0.717, 1.165) is 4.48 Å². The standard InChI is InChI=1S/C4H12N.ClH.Na.H/c1-5(2,3)4;;;/h1-4H3;1H;;/q+1;;;. The second kappa shape index (κ2) is 5.39. The van der Waals surface area contributed by atoms with Crippen LogP contribution in [-0.4, -0.2) is 62.2 Å². The van der Waals surface area contributed by atoms with Crippen LogP contribution in [-0.2, 0) is 0 Å². The molecule has 0 aromatic rings. The summed E-state index contributed by atoms with van der Waals surface area (Å²) in [6, 6.07) is 0. The average Bonchev–Trinajstić information content (AvgIpc) is 0.722. The maximum absolute atomic E-state index is 2.12. The van der Waals surface area contributed by atoms with Crippen molar-refractivity contribution in [1.82, 2.24) is 0 Å². The molecule has 0 spiro atoms. The zero-order chi connectivity index (χ0) is 4.50. The summed E-state index contributed by atoms with van der Waals surface area (Å²) in [5.74, 6) is 0. The first-order chi connectivity index (χ1) is 2.00. The third-order valence-corrected chi connectivity index (χ3v) is 0. The average molecular weight is 135 g/mol. The van der Waals surface area contributed by atoms with Gasteiger partial charge in [-0.25, -0.2) is 0 Å². The number of hydrogen-bond donors (Lipinski definition) is 0. The molecule has 0 heterocycles. The van der Waals surface area contributed by atoms with Gasteiger partial charge in [0.15, 0.2) is 0 Å². The van der Waals surface area contributed by atoms with Gasteiger partial charge in [0.25, 0.3) is 0 Å². The molecule has 0 N–H and O–H groups in total. The van der Waals surface area contributed by atoms with Gasteiger partial charge in [-0.2, -0.15) is 0 Å². The van der Waals surface area contributed by atoms with Gasteiger partial charge < -0.3 is 4.48 Å². The first-order valence-corrected chi connectivity index (χ1v) is 1.79. The number of quaternary nitrogens is 1. The molecule has 1 nitrogen and oxygen atoms in total. The van der Waals surface area contributed by atoms with Gasteiger partial charge in [-0.05, 0) is 0 Å². The topological polar surface area (TPSA) is 0 Å². The van der Waals surface area contributed by atoms with Gasteiger partial charge in [-0.1, -0.05) is 0 Å². The Hall–Kier alpha value is 1.25. The Morgan fingerprint density at radius 2 is 0.857 bits per heavy atom. The van der Waals surface area contributed by atoms with Crippen LogP contribution in [0.4, 0.5) is 0 Å². The van der Waals surface area contributed by atoms with Crippen LogP contribution in [0.1, 0.15) is 0 Å². The molecule has 0 atom stereocenters. The molecule has 7 heavy (non-hydrogen) atoms. The van der Waals surface area contributed by atoms with Gasteiger partial charge in [0.1, 0.15) is 0 Å². The third-order valence-electron chi connectivity index (χ3n) is 0. The Morgan fingerprint density at radius 3 is 0.857 bits per heavy atom. The van der Waals surface area contributed by atoms with E-state index in [4.69, 9.17) is 0 Å². The molecule has 0 unspecified atom stereocenters. The zero-order valence-corrected chi connectivity index (χ0v) is 5.67. The summed E-state index contributed by atoms with van der Waals surface area (Å²) >= 11 is 0. The van der Waals surface area contributed by atoms with Crippen LogP contribution in [0.15, 0.2) is 0 Å². The molecular formula is C4H14ClNNa+. The molecule has 0 amide bonds. The van der Waals surface area contributed by atoms with E-state index in [0.29, 0.717) is 0 Å². The number of nitrogens with zero attached hydrogens (tertiary/aromatic N) is 1. The summed E-state index contributed by atoms with van der Waals surface area (Å²) in [6.07, 6.45) is 0. The molecule has 42 valence electrons. The van der Waals surface area contributed by atoms with E-state index in [1.807, 2.05) is 0 Å². The van der Waals surface area contributed by atoms with Gasteiger partial charge in [-0.15, -0.1) is 12.4 Å². The second-order valence-electron chi connectivity index (χ2n) is 2.68. The fourth-order valence-electron chi connectivity index (χ4n) is 0. The summed E-state index contributed by atoms with van der Waals surface area (Å²) in [4.78, 5) is 0. The van der Waals surface area contributed by atoms with E-state index in [-0.39, 0.29) is 42.0 Å². The summed E-state index contributed by atoms with van der Waals surface area (Å²) in [5, 5.41) is 0. The number of hydrogen-bond acceptors (Lipinski definition) is 0. The molecule has 0 rings (SSSR count). The van der Waals surface area contributed by atoms with Crippen molar-refractivity contribution in [3.63, 3.8) is 0 Å². The minimum absolute atomic E-state index is 0. The van der Waals surface area contributed by atoms with Crippen LogP contribution in [0.5, 0.6) is 0 Å². The first-order valence-electron chi connectivity index (χ1n) is 1.79.